The molecule has 0 spiro atoms. The van der Waals surface area contributed by atoms with Crippen LogP contribution >= 0.6 is 11.3 Å². The van der Waals surface area contributed by atoms with Crippen LogP contribution in [-0.2, 0) is 11.2 Å². The number of carbonyl (C=O) groups excluding carboxylic acids is 1. The first-order valence-corrected chi connectivity index (χ1v) is 7.88. The predicted octanol–water partition coefficient (Wildman–Crippen LogP) is 3.39. The SMILES string of the molecule is C[C@H](CNC(=O)CCCc1ccccn1)c1ccsc1. The number of aryl methyl sites for hydroxylation is 1. The van der Waals surface area contributed by atoms with Gasteiger partial charge >= 0.3 is 0 Å². The van der Waals surface area contributed by atoms with Crippen LogP contribution in [0, 0.1) is 0 Å². The second kappa shape index (κ2) is 7.80. The molecule has 2 aromatic heterocycles. The van der Waals surface area contributed by atoms with Crippen LogP contribution in [0.4, 0.5) is 0 Å². The third-order valence-corrected chi connectivity index (χ3v) is 3.98. The number of carbonyl (C=O) groups is 1. The number of hydrogen-bond donors (Lipinski definition) is 1. The molecular formula is C16H20N2OS. The lowest BCUT2D eigenvalue weighted by molar-refractivity contribution is -0.121. The summed E-state index contributed by atoms with van der Waals surface area (Å²) in [7, 11) is 0. The summed E-state index contributed by atoms with van der Waals surface area (Å²) in [6.45, 7) is 2.84. The van der Waals surface area contributed by atoms with E-state index in [1.54, 1.807) is 17.5 Å². The van der Waals surface area contributed by atoms with Gasteiger partial charge in [0.1, 0.15) is 0 Å². The Hall–Kier alpha value is -1.68. The van der Waals surface area contributed by atoms with E-state index in [0.717, 1.165) is 18.5 Å². The number of aromatic nitrogens is 1. The van der Waals surface area contributed by atoms with Gasteiger partial charge in [-0.15, -0.1) is 0 Å². The molecule has 0 radical (unpaired) electrons. The molecule has 0 unspecified atom stereocenters. The summed E-state index contributed by atoms with van der Waals surface area (Å²) in [4.78, 5) is 16.0. The molecule has 2 aromatic rings. The zero-order valence-electron chi connectivity index (χ0n) is 11.7. The minimum Gasteiger partial charge on any atom is -0.356 e. The van der Waals surface area contributed by atoms with Gasteiger partial charge in [-0.1, -0.05) is 13.0 Å². The van der Waals surface area contributed by atoms with E-state index in [-0.39, 0.29) is 5.91 Å². The molecule has 1 N–H and O–H groups in total. The van der Waals surface area contributed by atoms with Crippen LogP contribution in [0.25, 0.3) is 0 Å². The van der Waals surface area contributed by atoms with Crippen molar-refractivity contribution in [3.8, 4) is 0 Å². The zero-order chi connectivity index (χ0) is 14.2. The summed E-state index contributed by atoms with van der Waals surface area (Å²) in [6, 6.07) is 7.99. The van der Waals surface area contributed by atoms with Gasteiger partial charge in [0.15, 0.2) is 0 Å². The predicted molar refractivity (Wildman–Crippen MR) is 82.9 cm³/mol. The van der Waals surface area contributed by atoms with Gasteiger partial charge in [-0.05, 0) is 53.3 Å². The molecule has 0 aliphatic heterocycles. The highest BCUT2D eigenvalue weighted by molar-refractivity contribution is 7.07. The summed E-state index contributed by atoms with van der Waals surface area (Å²) in [5, 5.41) is 7.21. The Kier molecular flexibility index (Phi) is 5.74. The molecular weight excluding hydrogens is 268 g/mol. The lowest BCUT2D eigenvalue weighted by Crippen LogP contribution is -2.27. The molecule has 1 atom stereocenters. The summed E-state index contributed by atoms with van der Waals surface area (Å²) in [5.41, 5.74) is 2.34. The minimum absolute atomic E-state index is 0.128. The Morgan fingerprint density at radius 3 is 3.00 bits per heavy atom. The molecule has 20 heavy (non-hydrogen) atoms. The first-order valence-electron chi connectivity index (χ1n) is 6.94. The highest BCUT2D eigenvalue weighted by Gasteiger charge is 2.08. The highest BCUT2D eigenvalue weighted by Crippen LogP contribution is 2.17. The molecule has 0 bridgehead atoms. The van der Waals surface area contributed by atoms with Crippen LogP contribution in [-0.4, -0.2) is 17.4 Å². The Morgan fingerprint density at radius 2 is 2.30 bits per heavy atom. The van der Waals surface area contributed by atoms with Crippen LogP contribution in [0.5, 0.6) is 0 Å². The molecule has 2 heterocycles. The quantitative estimate of drug-likeness (QED) is 0.848. The Labute approximate surface area is 124 Å². The van der Waals surface area contributed by atoms with Crippen LogP contribution in [0.1, 0.15) is 36.9 Å². The van der Waals surface area contributed by atoms with E-state index < -0.39 is 0 Å². The van der Waals surface area contributed by atoms with Crippen LogP contribution in [0.3, 0.4) is 0 Å². The van der Waals surface area contributed by atoms with E-state index in [2.05, 4.69) is 34.1 Å². The van der Waals surface area contributed by atoms with Crippen molar-refractivity contribution in [1.82, 2.24) is 10.3 Å². The van der Waals surface area contributed by atoms with Crippen molar-refractivity contribution in [1.29, 1.82) is 0 Å². The van der Waals surface area contributed by atoms with E-state index in [1.165, 1.54) is 5.56 Å². The molecule has 0 fully saturated rings. The average molecular weight is 288 g/mol. The number of hydrogen-bond acceptors (Lipinski definition) is 3. The van der Waals surface area contributed by atoms with Gasteiger partial charge in [0.05, 0.1) is 0 Å². The molecule has 4 heteroatoms. The first kappa shape index (κ1) is 14.7. The van der Waals surface area contributed by atoms with Crippen molar-refractivity contribution in [2.45, 2.75) is 32.1 Å². The molecule has 0 saturated carbocycles. The molecule has 2 rings (SSSR count). The number of rotatable bonds is 7. The highest BCUT2D eigenvalue weighted by atomic mass is 32.1. The van der Waals surface area contributed by atoms with Gasteiger partial charge in [0, 0.05) is 24.9 Å². The lowest BCUT2D eigenvalue weighted by Gasteiger charge is -2.11. The lowest BCUT2D eigenvalue weighted by atomic mass is 10.1. The van der Waals surface area contributed by atoms with E-state index in [9.17, 15) is 4.79 Å². The fraction of sp³-hybridized carbons (Fsp3) is 0.375. The number of nitrogens with zero attached hydrogens (tertiary/aromatic N) is 1. The monoisotopic (exact) mass is 288 g/mol. The maximum atomic E-state index is 11.8. The van der Waals surface area contributed by atoms with Crippen LogP contribution in [0.15, 0.2) is 41.2 Å². The number of amides is 1. The fourth-order valence-electron chi connectivity index (χ4n) is 2.00. The summed E-state index contributed by atoms with van der Waals surface area (Å²) in [6.07, 6.45) is 4.05. The number of pyridine rings is 1. The third kappa shape index (κ3) is 4.78. The van der Waals surface area contributed by atoms with Crippen molar-refractivity contribution >= 4 is 17.2 Å². The van der Waals surface area contributed by atoms with Crippen LogP contribution in [0.2, 0.25) is 0 Å². The Bertz CT molecular complexity index is 511. The standard InChI is InChI=1S/C16H20N2OS/c1-13(14-8-10-20-12-14)11-18-16(19)7-4-6-15-5-2-3-9-17-15/h2-3,5,8-10,12-13H,4,6-7,11H2,1H3,(H,18,19)/t13-/m1/s1. The second-order valence-corrected chi connectivity index (χ2v) is 5.72. The normalized spacial score (nSPS) is 12.1. The summed E-state index contributed by atoms with van der Waals surface area (Å²) in [5.74, 6) is 0.504. The van der Waals surface area contributed by atoms with E-state index in [1.807, 2.05) is 18.2 Å². The fourth-order valence-corrected chi connectivity index (χ4v) is 2.79. The average Bonchev–Trinajstić information content (AvgIpc) is 3.00. The zero-order valence-corrected chi connectivity index (χ0v) is 12.5. The van der Waals surface area contributed by atoms with Gasteiger partial charge in [-0.3, -0.25) is 9.78 Å². The number of nitrogens with one attached hydrogen (secondary N) is 1. The van der Waals surface area contributed by atoms with Gasteiger partial charge in [-0.25, -0.2) is 0 Å². The minimum atomic E-state index is 0.128. The molecule has 0 aliphatic rings. The molecule has 3 nitrogen and oxygen atoms in total. The Morgan fingerprint density at radius 1 is 1.40 bits per heavy atom. The first-order chi connectivity index (χ1) is 9.75. The van der Waals surface area contributed by atoms with Crippen molar-refractivity contribution < 1.29 is 4.79 Å². The van der Waals surface area contributed by atoms with E-state index in [4.69, 9.17) is 0 Å². The summed E-state index contributed by atoms with van der Waals surface area (Å²) < 4.78 is 0. The van der Waals surface area contributed by atoms with Gasteiger partial charge in [-0.2, -0.15) is 11.3 Å². The largest absolute Gasteiger partial charge is 0.356 e. The van der Waals surface area contributed by atoms with Gasteiger partial charge in [0.25, 0.3) is 0 Å². The number of thiophene rings is 1. The molecule has 0 aromatic carbocycles. The Balaban J connectivity index is 1.63. The summed E-state index contributed by atoms with van der Waals surface area (Å²) >= 11 is 1.69. The molecule has 0 saturated heterocycles. The topological polar surface area (TPSA) is 42.0 Å². The van der Waals surface area contributed by atoms with Gasteiger partial charge < -0.3 is 5.32 Å². The van der Waals surface area contributed by atoms with E-state index in [0.29, 0.717) is 18.9 Å². The smallest absolute Gasteiger partial charge is 0.220 e. The molecule has 0 aliphatic carbocycles. The molecule has 106 valence electrons. The van der Waals surface area contributed by atoms with Crippen molar-refractivity contribution in [2.75, 3.05) is 6.54 Å². The van der Waals surface area contributed by atoms with Crippen LogP contribution < -0.4 is 5.32 Å². The second-order valence-electron chi connectivity index (χ2n) is 4.94. The third-order valence-electron chi connectivity index (χ3n) is 3.28. The maximum absolute atomic E-state index is 11.8. The molecule has 1 amide bonds. The van der Waals surface area contributed by atoms with Gasteiger partial charge in [0.2, 0.25) is 5.91 Å². The van der Waals surface area contributed by atoms with Crippen molar-refractivity contribution in [2.24, 2.45) is 0 Å². The van der Waals surface area contributed by atoms with Crippen molar-refractivity contribution in [3.63, 3.8) is 0 Å². The van der Waals surface area contributed by atoms with E-state index >= 15 is 0 Å². The maximum Gasteiger partial charge on any atom is 0.220 e. The van der Waals surface area contributed by atoms with Crippen molar-refractivity contribution in [3.05, 3.63) is 52.5 Å².